The summed E-state index contributed by atoms with van der Waals surface area (Å²) in [4.78, 5) is 25.7. The van der Waals surface area contributed by atoms with Crippen molar-refractivity contribution < 1.29 is 13.6 Å². The van der Waals surface area contributed by atoms with E-state index in [9.17, 15) is 13.6 Å². The monoisotopic (exact) mass is 441 g/mol. The van der Waals surface area contributed by atoms with Crippen molar-refractivity contribution in [2.24, 2.45) is 11.8 Å². The maximum atomic E-state index is 14.9. The molecule has 0 fully saturated rings. The molecule has 2 aliphatic carbocycles. The second kappa shape index (κ2) is 7.70. The Hall–Kier alpha value is -3.72. The molecule has 5 rings (SSSR count). The zero-order valence-corrected chi connectivity index (χ0v) is 18.3. The molecular formula is C27H21F2N3O. The molecule has 33 heavy (non-hydrogen) atoms. The van der Waals surface area contributed by atoms with E-state index in [1.807, 2.05) is 13.8 Å². The van der Waals surface area contributed by atoms with Crippen molar-refractivity contribution in [3.63, 3.8) is 0 Å². The third-order valence-electron chi connectivity index (χ3n) is 7.06. The first-order valence-corrected chi connectivity index (χ1v) is 10.9. The molecule has 4 nitrogen and oxygen atoms in total. The summed E-state index contributed by atoms with van der Waals surface area (Å²) in [7, 11) is 0. The van der Waals surface area contributed by atoms with Gasteiger partial charge in [0.15, 0.2) is 11.6 Å². The largest absolute Gasteiger partial charge is 0.308 e. The first-order chi connectivity index (χ1) is 15.8. The van der Waals surface area contributed by atoms with Crippen LogP contribution in [0.1, 0.15) is 31.5 Å². The summed E-state index contributed by atoms with van der Waals surface area (Å²) >= 11 is 0. The molecule has 164 valence electrons. The lowest BCUT2D eigenvalue weighted by molar-refractivity contribution is -0.121. The van der Waals surface area contributed by atoms with E-state index in [-0.39, 0.29) is 34.7 Å². The van der Waals surface area contributed by atoms with Gasteiger partial charge >= 0.3 is 0 Å². The topological polar surface area (TPSA) is 47.2 Å². The third kappa shape index (κ3) is 3.19. The normalized spacial score (nSPS) is 23.8. The summed E-state index contributed by atoms with van der Waals surface area (Å²) in [6.07, 6.45) is 2.95. The molecule has 1 aromatic heterocycles. The minimum atomic E-state index is -0.732. The molecular weight excluding hydrogens is 420 g/mol. The second-order valence-corrected chi connectivity index (χ2v) is 8.90. The molecule has 2 aromatic carbocycles. The number of hydrogen-bond acceptors (Lipinski definition) is 3. The highest BCUT2D eigenvalue weighted by molar-refractivity contribution is 6.00. The number of benzene rings is 2. The minimum absolute atomic E-state index is 0.0696. The molecule has 1 heterocycles. The SMILES string of the molecule is [C-]#[N+]C1=C[C@@]2(C)c3nc(-c4ccccc4F)nc(-c4ccccc4F)c3CC[C@@H]2[C@@H](C)C1=O. The molecule has 2 aliphatic rings. The summed E-state index contributed by atoms with van der Waals surface area (Å²) in [5, 5.41) is 0. The Morgan fingerprint density at radius 3 is 2.30 bits per heavy atom. The van der Waals surface area contributed by atoms with E-state index in [1.165, 1.54) is 12.1 Å². The average Bonchev–Trinajstić information content (AvgIpc) is 2.82. The Morgan fingerprint density at radius 2 is 1.67 bits per heavy atom. The summed E-state index contributed by atoms with van der Waals surface area (Å²) in [6, 6.07) is 12.6. The Kier molecular flexibility index (Phi) is 4.93. The molecule has 0 saturated heterocycles. The fraction of sp³-hybridized carbons (Fsp3) is 0.259. The van der Waals surface area contributed by atoms with Gasteiger partial charge in [0.25, 0.3) is 0 Å². The van der Waals surface area contributed by atoms with Crippen LogP contribution in [-0.4, -0.2) is 15.8 Å². The van der Waals surface area contributed by atoms with Gasteiger partial charge in [-0.3, -0.25) is 0 Å². The molecule has 0 aliphatic heterocycles. The summed E-state index contributed by atoms with van der Waals surface area (Å²) in [5.41, 5.74) is 1.74. The number of Topliss-reactive ketones (excluding diaryl/α,β-unsaturated/α-hetero) is 1. The minimum Gasteiger partial charge on any atom is -0.308 e. The van der Waals surface area contributed by atoms with E-state index in [4.69, 9.17) is 11.6 Å². The van der Waals surface area contributed by atoms with Gasteiger partial charge in [-0.25, -0.2) is 23.6 Å². The van der Waals surface area contributed by atoms with Crippen molar-refractivity contribution in [1.29, 1.82) is 0 Å². The van der Waals surface area contributed by atoms with Gasteiger partial charge in [0, 0.05) is 22.5 Å². The standard InChI is InChI=1S/C27H21F2N3O/c1-15-19-13-12-18-23(16-8-4-6-10-20(16)28)31-26(17-9-5-7-11-21(17)29)32-25(18)27(19,2)14-22(30-3)24(15)33/h4-11,14-15,19H,12-13H2,1-2H3/t15-,19-,27-/m1/s1. The molecule has 6 heteroatoms. The number of carbonyl (C=O) groups excluding carboxylic acids is 1. The maximum Gasteiger partial charge on any atom is 0.226 e. The van der Waals surface area contributed by atoms with E-state index >= 15 is 0 Å². The molecule has 3 aromatic rings. The lowest BCUT2D eigenvalue weighted by atomic mass is 9.58. The van der Waals surface area contributed by atoms with Gasteiger partial charge < -0.3 is 4.79 Å². The summed E-state index contributed by atoms with van der Waals surface area (Å²) in [6.45, 7) is 11.3. The van der Waals surface area contributed by atoms with E-state index in [2.05, 4.69) is 9.83 Å². The molecule has 0 spiro atoms. The fourth-order valence-electron chi connectivity index (χ4n) is 5.38. The van der Waals surface area contributed by atoms with Crippen LogP contribution in [0.5, 0.6) is 0 Å². The maximum absolute atomic E-state index is 14.9. The van der Waals surface area contributed by atoms with Gasteiger partial charge in [-0.15, -0.1) is 0 Å². The average molecular weight is 441 g/mol. The number of rotatable bonds is 2. The van der Waals surface area contributed by atoms with Crippen LogP contribution >= 0.6 is 0 Å². The van der Waals surface area contributed by atoms with Gasteiger partial charge in [-0.2, -0.15) is 0 Å². The third-order valence-corrected chi connectivity index (χ3v) is 7.06. The number of aromatic nitrogens is 2. The highest BCUT2D eigenvalue weighted by Crippen LogP contribution is 2.51. The van der Waals surface area contributed by atoms with E-state index < -0.39 is 17.0 Å². The van der Waals surface area contributed by atoms with Crippen LogP contribution in [0.3, 0.4) is 0 Å². The van der Waals surface area contributed by atoms with Crippen LogP contribution in [0.2, 0.25) is 0 Å². The number of halogens is 2. The van der Waals surface area contributed by atoms with Gasteiger partial charge in [-0.05, 0) is 43.0 Å². The highest BCUT2D eigenvalue weighted by atomic mass is 19.1. The van der Waals surface area contributed by atoms with Crippen molar-refractivity contribution in [3.8, 4) is 22.6 Å². The van der Waals surface area contributed by atoms with Crippen molar-refractivity contribution in [2.75, 3.05) is 0 Å². The fourth-order valence-corrected chi connectivity index (χ4v) is 5.38. The number of carbonyl (C=O) groups is 1. The first kappa shape index (κ1) is 21.1. The smallest absolute Gasteiger partial charge is 0.226 e. The zero-order chi connectivity index (χ0) is 23.3. The number of allylic oxidation sites excluding steroid dienone is 2. The Bertz CT molecular complexity index is 1370. The van der Waals surface area contributed by atoms with Gasteiger partial charge in [0.2, 0.25) is 5.70 Å². The lowest BCUT2D eigenvalue weighted by Gasteiger charge is -2.46. The number of hydrogen-bond donors (Lipinski definition) is 0. The number of nitrogens with zero attached hydrogens (tertiary/aromatic N) is 3. The van der Waals surface area contributed by atoms with Crippen LogP contribution in [-0.2, 0) is 16.6 Å². The summed E-state index contributed by atoms with van der Waals surface area (Å²) in [5.74, 6) is -1.31. The molecule has 0 unspecified atom stereocenters. The Morgan fingerprint density at radius 1 is 1.03 bits per heavy atom. The van der Waals surface area contributed by atoms with Crippen molar-refractivity contribution >= 4 is 5.78 Å². The van der Waals surface area contributed by atoms with Crippen LogP contribution in [0.25, 0.3) is 27.5 Å². The number of ketones is 1. The lowest BCUT2D eigenvalue weighted by Crippen LogP contribution is -2.46. The molecule has 0 radical (unpaired) electrons. The highest BCUT2D eigenvalue weighted by Gasteiger charge is 2.49. The molecule has 0 saturated carbocycles. The quantitative estimate of drug-likeness (QED) is 0.463. The van der Waals surface area contributed by atoms with Crippen molar-refractivity contribution in [2.45, 2.75) is 32.1 Å². The van der Waals surface area contributed by atoms with Gasteiger partial charge in [0.1, 0.15) is 11.6 Å². The Labute approximate surface area is 190 Å². The van der Waals surface area contributed by atoms with Crippen molar-refractivity contribution in [1.82, 2.24) is 9.97 Å². The zero-order valence-electron chi connectivity index (χ0n) is 18.3. The van der Waals surface area contributed by atoms with Crippen molar-refractivity contribution in [3.05, 3.63) is 94.6 Å². The van der Waals surface area contributed by atoms with E-state index in [0.29, 0.717) is 29.8 Å². The van der Waals surface area contributed by atoms with Crippen LogP contribution < -0.4 is 0 Å². The first-order valence-electron chi connectivity index (χ1n) is 10.9. The predicted molar refractivity (Wildman–Crippen MR) is 121 cm³/mol. The van der Waals surface area contributed by atoms with Gasteiger partial charge in [0.05, 0.1) is 23.5 Å². The number of fused-ring (bicyclic) bond motifs is 3. The summed E-state index contributed by atoms with van der Waals surface area (Å²) < 4.78 is 29.6. The van der Waals surface area contributed by atoms with Crippen LogP contribution in [0.15, 0.2) is 60.3 Å². The molecule has 0 amide bonds. The van der Waals surface area contributed by atoms with E-state index in [0.717, 1.165) is 5.56 Å². The predicted octanol–water partition coefficient (Wildman–Crippen LogP) is 5.93. The van der Waals surface area contributed by atoms with Gasteiger partial charge in [-0.1, -0.05) is 44.2 Å². The molecule has 0 N–H and O–H groups in total. The van der Waals surface area contributed by atoms with Crippen LogP contribution in [0.4, 0.5) is 8.78 Å². The molecule has 3 atom stereocenters. The molecule has 0 bridgehead atoms. The second-order valence-electron chi connectivity index (χ2n) is 8.90. The van der Waals surface area contributed by atoms with E-state index in [1.54, 1.807) is 42.5 Å². The Balaban J connectivity index is 1.85. The van der Waals surface area contributed by atoms with Crippen LogP contribution in [0, 0.1) is 30.0 Å².